The van der Waals surface area contributed by atoms with Crippen molar-refractivity contribution in [2.45, 2.75) is 33.1 Å². The summed E-state index contributed by atoms with van der Waals surface area (Å²) < 4.78 is 0. The molecule has 0 aromatic rings. The number of carbonyl (C=O) groups excluding carboxylic acids is 2. The van der Waals surface area contributed by atoms with Crippen molar-refractivity contribution < 1.29 is 9.59 Å². The lowest BCUT2D eigenvalue weighted by atomic mass is 9.89. The highest BCUT2D eigenvalue weighted by Crippen LogP contribution is 2.24. The Morgan fingerprint density at radius 3 is 2.58 bits per heavy atom. The van der Waals surface area contributed by atoms with Crippen molar-refractivity contribution in [1.29, 1.82) is 0 Å². The SMILES string of the molecule is CC(C)C1CCCN(C(=O)CNC(=O)CN)CC1.Cl. The van der Waals surface area contributed by atoms with Crippen LogP contribution >= 0.6 is 12.4 Å². The van der Waals surface area contributed by atoms with Crippen LogP contribution in [0.25, 0.3) is 0 Å². The number of carbonyl (C=O) groups is 2. The highest BCUT2D eigenvalue weighted by molar-refractivity contribution is 5.85. The van der Waals surface area contributed by atoms with Crippen LogP contribution in [0.2, 0.25) is 0 Å². The number of rotatable bonds is 4. The summed E-state index contributed by atoms with van der Waals surface area (Å²) in [7, 11) is 0. The van der Waals surface area contributed by atoms with Gasteiger partial charge < -0.3 is 16.0 Å². The highest BCUT2D eigenvalue weighted by Gasteiger charge is 2.22. The number of hydrogen-bond acceptors (Lipinski definition) is 3. The van der Waals surface area contributed by atoms with Crippen LogP contribution in [0.1, 0.15) is 33.1 Å². The van der Waals surface area contributed by atoms with Crippen LogP contribution < -0.4 is 11.1 Å². The molecule has 0 aromatic heterocycles. The number of amides is 2. The molecule has 0 spiro atoms. The summed E-state index contributed by atoms with van der Waals surface area (Å²) in [5.74, 6) is 1.11. The van der Waals surface area contributed by atoms with Crippen molar-refractivity contribution in [3.05, 3.63) is 0 Å². The van der Waals surface area contributed by atoms with Crippen LogP contribution in [-0.4, -0.2) is 42.9 Å². The molecule has 1 unspecified atom stereocenters. The summed E-state index contributed by atoms with van der Waals surface area (Å²) in [5.41, 5.74) is 5.18. The molecule has 0 saturated carbocycles. The summed E-state index contributed by atoms with van der Waals surface area (Å²) in [5, 5.41) is 2.53. The molecular weight excluding hydrogens is 266 g/mol. The fourth-order valence-corrected chi connectivity index (χ4v) is 2.40. The van der Waals surface area contributed by atoms with E-state index in [1.165, 1.54) is 6.42 Å². The van der Waals surface area contributed by atoms with E-state index in [1.807, 2.05) is 4.90 Å². The molecule has 0 aliphatic carbocycles. The highest BCUT2D eigenvalue weighted by atomic mass is 35.5. The van der Waals surface area contributed by atoms with E-state index in [0.29, 0.717) is 11.8 Å². The van der Waals surface area contributed by atoms with Gasteiger partial charge >= 0.3 is 0 Å². The second-order valence-electron chi connectivity index (χ2n) is 5.30. The van der Waals surface area contributed by atoms with Gasteiger partial charge in [-0.15, -0.1) is 12.4 Å². The number of nitrogens with one attached hydrogen (secondary N) is 1. The van der Waals surface area contributed by atoms with Gasteiger partial charge in [0, 0.05) is 13.1 Å². The maximum absolute atomic E-state index is 11.9. The Bertz CT molecular complexity index is 298. The molecule has 1 heterocycles. The number of nitrogens with two attached hydrogens (primary N) is 1. The zero-order valence-electron chi connectivity index (χ0n) is 11.9. The van der Waals surface area contributed by atoms with E-state index >= 15 is 0 Å². The molecule has 0 bridgehead atoms. The molecule has 1 saturated heterocycles. The van der Waals surface area contributed by atoms with Crippen molar-refractivity contribution in [2.24, 2.45) is 17.6 Å². The van der Waals surface area contributed by atoms with Gasteiger partial charge in [-0.1, -0.05) is 13.8 Å². The summed E-state index contributed by atoms with van der Waals surface area (Å²) in [6, 6.07) is 0. The van der Waals surface area contributed by atoms with Crippen molar-refractivity contribution in [3.63, 3.8) is 0 Å². The van der Waals surface area contributed by atoms with E-state index < -0.39 is 0 Å². The Balaban J connectivity index is 0.00000324. The predicted octanol–water partition coefficient (Wildman–Crippen LogP) is 0.768. The largest absolute Gasteiger partial charge is 0.346 e. The molecule has 0 radical (unpaired) electrons. The average molecular weight is 292 g/mol. The minimum absolute atomic E-state index is 0. The van der Waals surface area contributed by atoms with Gasteiger partial charge in [0.1, 0.15) is 0 Å². The zero-order chi connectivity index (χ0) is 13.5. The lowest BCUT2D eigenvalue weighted by molar-refractivity contribution is -0.132. The van der Waals surface area contributed by atoms with Gasteiger partial charge in [-0.3, -0.25) is 9.59 Å². The molecule has 6 heteroatoms. The van der Waals surface area contributed by atoms with Crippen LogP contribution in [-0.2, 0) is 9.59 Å². The van der Waals surface area contributed by atoms with Crippen LogP contribution in [0.15, 0.2) is 0 Å². The Morgan fingerprint density at radius 1 is 1.32 bits per heavy atom. The Kier molecular flexibility index (Phi) is 8.76. The zero-order valence-corrected chi connectivity index (χ0v) is 12.7. The monoisotopic (exact) mass is 291 g/mol. The van der Waals surface area contributed by atoms with E-state index in [1.54, 1.807) is 0 Å². The fraction of sp³-hybridized carbons (Fsp3) is 0.846. The van der Waals surface area contributed by atoms with Crippen molar-refractivity contribution >= 4 is 24.2 Å². The first-order valence-corrected chi connectivity index (χ1v) is 6.79. The Labute approximate surface area is 121 Å². The minimum Gasteiger partial charge on any atom is -0.346 e. The molecule has 0 aromatic carbocycles. The number of likely N-dealkylation sites (tertiary alicyclic amines) is 1. The van der Waals surface area contributed by atoms with Crippen molar-refractivity contribution in [3.8, 4) is 0 Å². The quantitative estimate of drug-likeness (QED) is 0.803. The van der Waals surface area contributed by atoms with E-state index in [0.717, 1.165) is 25.9 Å². The number of halogens is 1. The van der Waals surface area contributed by atoms with Crippen LogP contribution in [0.5, 0.6) is 0 Å². The van der Waals surface area contributed by atoms with Gasteiger partial charge in [-0.25, -0.2) is 0 Å². The van der Waals surface area contributed by atoms with E-state index in [2.05, 4.69) is 19.2 Å². The smallest absolute Gasteiger partial charge is 0.241 e. The number of nitrogens with zero attached hydrogens (tertiary/aromatic N) is 1. The first kappa shape index (κ1) is 18.2. The predicted molar refractivity (Wildman–Crippen MR) is 78.1 cm³/mol. The lowest BCUT2D eigenvalue weighted by Gasteiger charge is -2.21. The summed E-state index contributed by atoms with van der Waals surface area (Å²) >= 11 is 0. The molecule has 5 nitrogen and oxygen atoms in total. The molecule has 1 fully saturated rings. The molecule has 2 amide bonds. The normalized spacial score (nSPS) is 19.6. The van der Waals surface area contributed by atoms with Gasteiger partial charge in [0.25, 0.3) is 0 Å². The molecule has 1 rings (SSSR count). The van der Waals surface area contributed by atoms with Gasteiger partial charge in [0.2, 0.25) is 11.8 Å². The lowest BCUT2D eigenvalue weighted by Crippen LogP contribution is -2.42. The topological polar surface area (TPSA) is 75.4 Å². The molecule has 112 valence electrons. The maximum Gasteiger partial charge on any atom is 0.241 e. The van der Waals surface area contributed by atoms with Gasteiger partial charge in [-0.2, -0.15) is 0 Å². The maximum atomic E-state index is 11.9. The summed E-state index contributed by atoms with van der Waals surface area (Å²) in [6.07, 6.45) is 3.31. The number of hydrogen-bond donors (Lipinski definition) is 2. The second kappa shape index (κ2) is 9.15. The van der Waals surface area contributed by atoms with Crippen LogP contribution in [0, 0.1) is 11.8 Å². The summed E-state index contributed by atoms with van der Waals surface area (Å²) in [6.45, 7) is 6.10. The molecule has 1 aliphatic rings. The van der Waals surface area contributed by atoms with E-state index in [-0.39, 0.29) is 37.3 Å². The third-order valence-electron chi connectivity index (χ3n) is 3.69. The molecule has 1 atom stereocenters. The van der Waals surface area contributed by atoms with Gasteiger partial charge in [-0.05, 0) is 31.1 Å². The molecular formula is C13H26ClN3O2. The Hall–Kier alpha value is -0.810. The van der Waals surface area contributed by atoms with Crippen molar-refractivity contribution in [2.75, 3.05) is 26.2 Å². The average Bonchev–Trinajstić information content (AvgIpc) is 2.61. The Morgan fingerprint density at radius 2 is 2.00 bits per heavy atom. The minimum atomic E-state index is -0.279. The van der Waals surface area contributed by atoms with Crippen molar-refractivity contribution in [1.82, 2.24) is 10.2 Å². The van der Waals surface area contributed by atoms with Gasteiger partial charge in [0.15, 0.2) is 0 Å². The summed E-state index contributed by atoms with van der Waals surface area (Å²) in [4.78, 5) is 24.8. The first-order valence-electron chi connectivity index (χ1n) is 6.79. The van der Waals surface area contributed by atoms with E-state index in [9.17, 15) is 9.59 Å². The van der Waals surface area contributed by atoms with Gasteiger partial charge in [0.05, 0.1) is 13.1 Å². The third-order valence-corrected chi connectivity index (χ3v) is 3.69. The standard InChI is InChI=1S/C13H25N3O2.ClH/c1-10(2)11-4-3-6-16(7-5-11)13(18)9-15-12(17)8-14;/h10-11H,3-9,14H2,1-2H3,(H,15,17);1H. The second-order valence-corrected chi connectivity index (χ2v) is 5.30. The first-order chi connectivity index (χ1) is 8.54. The van der Waals surface area contributed by atoms with Crippen LogP contribution in [0.4, 0.5) is 0 Å². The van der Waals surface area contributed by atoms with Crippen LogP contribution in [0.3, 0.4) is 0 Å². The fourth-order valence-electron chi connectivity index (χ4n) is 2.40. The molecule has 19 heavy (non-hydrogen) atoms. The molecule has 1 aliphatic heterocycles. The van der Waals surface area contributed by atoms with E-state index in [4.69, 9.17) is 5.73 Å². The molecule has 3 N–H and O–H groups in total. The third kappa shape index (κ3) is 6.25.